The molecule has 1 aliphatic carbocycles. The van der Waals surface area contributed by atoms with Gasteiger partial charge in [0.05, 0.1) is 0 Å². The van der Waals surface area contributed by atoms with Gasteiger partial charge in [0.1, 0.15) is 16.6 Å². The summed E-state index contributed by atoms with van der Waals surface area (Å²) in [7, 11) is 0. The van der Waals surface area contributed by atoms with Crippen LogP contribution < -0.4 is 5.32 Å². The molecule has 7 heteroatoms. The zero-order valence-electron chi connectivity index (χ0n) is 10.5. The van der Waals surface area contributed by atoms with Crippen molar-refractivity contribution in [3.8, 4) is 0 Å². The minimum Gasteiger partial charge on any atom is -0.352 e. The molecule has 4 nitrogen and oxygen atoms in total. The standard InChI is InChI=1S/C13H12FN3OS2/c14-9-3-1-8(2-4-9)11(12(18)16-10-5-6-10)20-13-17-15-7-19-13/h1-4,7,10-11H,5-6H2,(H,16,18)/t11-/m1/s1. The molecule has 1 aromatic heterocycles. The highest BCUT2D eigenvalue weighted by atomic mass is 32.2. The quantitative estimate of drug-likeness (QED) is 0.863. The van der Waals surface area contributed by atoms with Crippen molar-refractivity contribution in [2.45, 2.75) is 28.5 Å². The van der Waals surface area contributed by atoms with E-state index in [2.05, 4.69) is 15.5 Å². The van der Waals surface area contributed by atoms with Crippen molar-refractivity contribution in [3.05, 3.63) is 41.2 Å². The van der Waals surface area contributed by atoms with E-state index in [-0.39, 0.29) is 11.7 Å². The molecule has 20 heavy (non-hydrogen) atoms. The van der Waals surface area contributed by atoms with Gasteiger partial charge in [-0.05, 0) is 30.5 Å². The minimum atomic E-state index is -0.427. The van der Waals surface area contributed by atoms with E-state index in [1.807, 2.05) is 0 Å². The smallest absolute Gasteiger partial charge is 0.238 e. The first-order chi connectivity index (χ1) is 9.72. The van der Waals surface area contributed by atoms with E-state index in [1.54, 1.807) is 17.6 Å². The number of hydrogen-bond acceptors (Lipinski definition) is 5. The summed E-state index contributed by atoms with van der Waals surface area (Å²) in [5.74, 6) is -0.365. The maximum Gasteiger partial charge on any atom is 0.238 e. The van der Waals surface area contributed by atoms with Crippen LogP contribution >= 0.6 is 23.1 Å². The molecule has 0 unspecified atom stereocenters. The molecular formula is C13H12FN3OS2. The number of thioether (sulfide) groups is 1. The Morgan fingerprint density at radius 2 is 2.15 bits per heavy atom. The van der Waals surface area contributed by atoms with Gasteiger partial charge in [-0.15, -0.1) is 10.2 Å². The maximum absolute atomic E-state index is 13.0. The predicted octanol–water partition coefficient (Wildman–Crippen LogP) is 2.79. The fourth-order valence-electron chi connectivity index (χ4n) is 1.73. The number of aromatic nitrogens is 2. The van der Waals surface area contributed by atoms with E-state index < -0.39 is 5.25 Å². The van der Waals surface area contributed by atoms with Gasteiger partial charge in [-0.1, -0.05) is 35.2 Å². The number of halogens is 1. The summed E-state index contributed by atoms with van der Waals surface area (Å²) in [4.78, 5) is 12.3. The Hall–Kier alpha value is -1.47. The van der Waals surface area contributed by atoms with Gasteiger partial charge in [0.25, 0.3) is 0 Å². The molecular weight excluding hydrogens is 297 g/mol. The SMILES string of the molecule is O=C(NC1CC1)[C@H](Sc1nncs1)c1ccc(F)cc1. The van der Waals surface area contributed by atoms with Crippen LogP contribution in [-0.4, -0.2) is 22.1 Å². The van der Waals surface area contributed by atoms with Crippen molar-refractivity contribution in [1.29, 1.82) is 0 Å². The lowest BCUT2D eigenvalue weighted by atomic mass is 10.1. The third-order valence-corrected chi connectivity index (χ3v) is 4.96. The van der Waals surface area contributed by atoms with Gasteiger partial charge in [0.15, 0.2) is 4.34 Å². The van der Waals surface area contributed by atoms with Crippen LogP contribution in [0.3, 0.4) is 0 Å². The molecule has 104 valence electrons. The normalized spacial score (nSPS) is 15.8. The summed E-state index contributed by atoms with van der Waals surface area (Å²) in [5, 5.41) is 10.3. The first-order valence-corrected chi connectivity index (χ1v) is 7.97. The summed E-state index contributed by atoms with van der Waals surface area (Å²) in [5.41, 5.74) is 2.40. The molecule has 0 bridgehead atoms. The molecule has 1 aromatic carbocycles. The van der Waals surface area contributed by atoms with Crippen LogP contribution in [-0.2, 0) is 4.79 Å². The molecule has 1 heterocycles. The molecule has 1 atom stereocenters. The molecule has 2 aromatic rings. The number of carbonyl (C=O) groups excluding carboxylic acids is 1. The van der Waals surface area contributed by atoms with Crippen molar-refractivity contribution < 1.29 is 9.18 Å². The number of benzene rings is 1. The van der Waals surface area contributed by atoms with E-state index in [0.717, 1.165) is 22.7 Å². The van der Waals surface area contributed by atoms with Crippen LogP contribution in [0.5, 0.6) is 0 Å². The van der Waals surface area contributed by atoms with E-state index in [0.29, 0.717) is 6.04 Å². The lowest BCUT2D eigenvalue weighted by Crippen LogP contribution is -2.29. The van der Waals surface area contributed by atoms with Crippen molar-refractivity contribution in [2.75, 3.05) is 0 Å². The van der Waals surface area contributed by atoms with Crippen LogP contribution in [0.1, 0.15) is 23.7 Å². The first kappa shape index (κ1) is 13.5. The van der Waals surface area contributed by atoms with Gasteiger partial charge in [-0.25, -0.2) is 4.39 Å². The largest absolute Gasteiger partial charge is 0.352 e. The second-order valence-corrected chi connectivity index (χ2v) is 6.72. The third kappa shape index (κ3) is 3.34. The van der Waals surface area contributed by atoms with E-state index >= 15 is 0 Å². The van der Waals surface area contributed by atoms with Gasteiger partial charge in [-0.2, -0.15) is 0 Å². The zero-order chi connectivity index (χ0) is 13.9. The summed E-state index contributed by atoms with van der Waals surface area (Å²) in [6.07, 6.45) is 2.07. The van der Waals surface area contributed by atoms with Gasteiger partial charge >= 0.3 is 0 Å². The van der Waals surface area contributed by atoms with Crippen LogP contribution in [0, 0.1) is 5.82 Å². The molecule has 0 aliphatic heterocycles. The number of amides is 1. The Morgan fingerprint density at radius 3 is 2.75 bits per heavy atom. The van der Waals surface area contributed by atoms with Crippen LogP contribution in [0.25, 0.3) is 0 Å². The maximum atomic E-state index is 13.0. The van der Waals surface area contributed by atoms with Crippen molar-refractivity contribution >= 4 is 29.0 Å². The molecule has 1 aliphatic rings. The van der Waals surface area contributed by atoms with Gasteiger partial charge in [0.2, 0.25) is 5.91 Å². The number of rotatable bonds is 5. The second kappa shape index (κ2) is 5.88. The average molecular weight is 309 g/mol. The fraction of sp³-hybridized carbons (Fsp3) is 0.308. The van der Waals surface area contributed by atoms with Crippen LogP contribution in [0.4, 0.5) is 4.39 Å². The molecule has 1 amide bonds. The summed E-state index contributed by atoms with van der Waals surface area (Å²) in [6.45, 7) is 0. The number of carbonyl (C=O) groups is 1. The number of nitrogens with zero attached hydrogens (tertiary/aromatic N) is 2. The van der Waals surface area contributed by atoms with E-state index in [4.69, 9.17) is 0 Å². The lowest BCUT2D eigenvalue weighted by Gasteiger charge is -2.15. The van der Waals surface area contributed by atoms with Crippen molar-refractivity contribution in [3.63, 3.8) is 0 Å². The molecule has 1 fully saturated rings. The molecule has 0 spiro atoms. The predicted molar refractivity (Wildman–Crippen MR) is 76.1 cm³/mol. The van der Waals surface area contributed by atoms with Gasteiger partial charge < -0.3 is 5.32 Å². The first-order valence-electron chi connectivity index (χ1n) is 6.21. The molecule has 0 saturated heterocycles. The molecule has 0 radical (unpaired) electrons. The summed E-state index contributed by atoms with van der Waals surface area (Å²) in [6, 6.07) is 6.31. The Kier molecular flexibility index (Phi) is 3.98. The monoisotopic (exact) mass is 309 g/mol. The number of nitrogens with one attached hydrogen (secondary N) is 1. The Morgan fingerprint density at radius 1 is 1.40 bits per heavy atom. The molecule has 3 rings (SSSR count). The van der Waals surface area contributed by atoms with Gasteiger partial charge in [-0.3, -0.25) is 4.79 Å². The zero-order valence-corrected chi connectivity index (χ0v) is 12.1. The number of hydrogen-bond donors (Lipinski definition) is 1. The lowest BCUT2D eigenvalue weighted by molar-refractivity contribution is -0.120. The summed E-state index contributed by atoms with van der Waals surface area (Å²) >= 11 is 2.73. The molecule has 1 N–H and O–H groups in total. The minimum absolute atomic E-state index is 0.0562. The fourth-order valence-corrected chi connectivity index (χ4v) is 3.41. The highest BCUT2D eigenvalue weighted by Crippen LogP contribution is 2.36. The van der Waals surface area contributed by atoms with Gasteiger partial charge in [0, 0.05) is 6.04 Å². The highest BCUT2D eigenvalue weighted by Gasteiger charge is 2.29. The van der Waals surface area contributed by atoms with Crippen LogP contribution in [0.2, 0.25) is 0 Å². The third-order valence-electron chi connectivity index (χ3n) is 2.89. The van der Waals surface area contributed by atoms with Crippen molar-refractivity contribution in [1.82, 2.24) is 15.5 Å². The Labute approximate surface area is 123 Å². The summed E-state index contributed by atoms with van der Waals surface area (Å²) < 4.78 is 13.7. The van der Waals surface area contributed by atoms with Crippen molar-refractivity contribution in [2.24, 2.45) is 0 Å². The highest BCUT2D eigenvalue weighted by molar-refractivity contribution is 8.01. The van der Waals surface area contributed by atoms with E-state index in [9.17, 15) is 9.18 Å². The average Bonchev–Trinajstić information content (AvgIpc) is 3.10. The second-order valence-electron chi connectivity index (χ2n) is 4.54. The van der Waals surface area contributed by atoms with E-state index in [1.165, 1.54) is 35.2 Å². The Bertz CT molecular complexity index is 584. The Balaban J connectivity index is 1.81. The topological polar surface area (TPSA) is 54.9 Å². The van der Waals surface area contributed by atoms with Crippen LogP contribution in [0.15, 0.2) is 34.1 Å². The molecule has 1 saturated carbocycles.